The molecule has 2 N–H and O–H groups in total. The number of benzene rings is 1. The summed E-state index contributed by atoms with van der Waals surface area (Å²) in [6.07, 6.45) is -0.218. The number of phenols is 1. The summed E-state index contributed by atoms with van der Waals surface area (Å²) in [5.41, 5.74) is 0.822. The topological polar surface area (TPSA) is 66.8 Å². The van der Waals surface area contributed by atoms with Gasteiger partial charge in [-0.3, -0.25) is 4.79 Å². The molecule has 4 nitrogen and oxygen atoms in total. The third-order valence-electron chi connectivity index (χ3n) is 2.85. The van der Waals surface area contributed by atoms with Gasteiger partial charge in [-0.1, -0.05) is 0 Å². The number of hydrogen-bond donors (Lipinski definition) is 2. The van der Waals surface area contributed by atoms with Gasteiger partial charge in [0.05, 0.1) is 0 Å². The van der Waals surface area contributed by atoms with Crippen molar-refractivity contribution >= 4 is 5.97 Å². The number of hydrogen-bond acceptors (Lipinski definition) is 3. The molecule has 1 aromatic carbocycles. The Morgan fingerprint density at radius 3 is 2.93 bits per heavy atom. The minimum atomic E-state index is -0.825. The van der Waals surface area contributed by atoms with Crippen LogP contribution >= 0.6 is 0 Å². The number of carboxylic acid groups (broad SMARTS) is 1. The molecule has 0 spiro atoms. The van der Waals surface area contributed by atoms with E-state index in [9.17, 15) is 9.90 Å². The van der Waals surface area contributed by atoms with Crippen LogP contribution in [0.25, 0.3) is 0 Å². The largest absolute Gasteiger partial charge is 0.508 e. The molecular weight excluding hydrogens is 184 g/mol. The number of aromatic hydroxyl groups is 1. The maximum Gasteiger partial charge on any atom is 0.311 e. The second-order valence-corrected chi connectivity index (χ2v) is 3.69. The number of fused-ring (bicyclic) bond motifs is 3. The van der Waals surface area contributed by atoms with Crippen LogP contribution in [0, 0.1) is 5.92 Å². The van der Waals surface area contributed by atoms with Crippen molar-refractivity contribution in [3.8, 4) is 11.5 Å². The first-order valence-corrected chi connectivity index (χ1v) is 4.41. The molecule has 0 unspecified atom stereocenters. The zero-order valence-corrected chi connectivity index (χ0v) is 7.18. The smallest absolute Gasteiger partial charge is 0.311 e. The fourth-order valence-electron chi connectivity index (χ4n) is 2.14. The first-order chi connectivity index (χ1) is 6.68. The molecule has 1 fully saturated rings. The highest BCUT2D eigenvalue weighted by atomic mass is 16.5. The van der Waals surface area contributed by atoms with Crippen molar-refractivity contribution in [1.29, 1.82) is 0 Å². The summed E-state index contributed by atoms with van der Waals surface area (Å²) in [7, 11) is 0. The molecule has 0 amide bonds. The lowest BCUT2D eigenvalue weighted by atomic mass is 10.1. The van der Waals surface area contributed by atoms with E-state index in [1.165, 1.54) is 0 Å². The highest BCUT2D eigenvalue weighted by molar-refractivity contribution is 5.79. The van der Waals surface area contributed by atoms with Gasteiger partial charge in [-0.25, -0.2) is 0 Å². The van der Waals surface area contributed by atoms with Gasteiger partial charge in [0, 0.05) is 11.5 Å². The van der Waals surface area contributed by atoms with Gasteiger partial charge >= 0.3 is 5.97 Å². The van der Waals surface area contributed by atoms with E-state index in [4.69, 9.17) is 9.84 Å². The summed E-state index contributed by atoms with van der Waals surface area (Å²) in [5.74, 6) is -0.452. The summed E-state index contributed by atoms with van der Waals surface area (Å²) in [5, 5.41) is 18.1. The van der Waals surface area contributed by atoms with Gasteiger partial charge in [0.15, 0.2) is 0 Å². The molecule has 0 saturated heterocycles. The van der Waals surface area contributed by atoms with Gasteiger partial charge in [-0.15, -0.1) is 0 Å². The SMILES string of the molecule is O=C(O)[C@@H]1[C@H]2Oc3ccc(O)cc3[C@H]21. The van der Waals surface area contributed by atoms with Crippen molar-refractivity contribution in [3.05, 3.63) is 23.8 Å². The molecular formula is C10H8O4. The van der Waals surface area contributed by atoms with E-state index in [-0.39, 0.29) is 17.8 Å². The molecule has 3 rings (SSSR count). The lowest BCUT2D eigenvalue weighted by molar-refractivity contribution is -0.139. The van der Waals surface area contributed by atoms with E-state index in [1.54, 1.807) is 18.2 Å². The van der Waals surface area contributed by atoms with E-state index in [2.05, 4.69) is 0 Å². The molecule has 14 heavy (non-hydrogen) atoms. The molecule has 1 aliphatic carbocycles. The highest BCUT2D eigenvalue weighted by Gasteiger charge is 2.63. The van der Waals surface area contributed by atoms with E-state index >= 15 is 0 Å². The number of rotatable bonds is 1. The summed E-state index contributed by atoms with van der Waals surface area (Å²) >= 11 is 0. The normalized spacial score (nSPS) is 31.6. The van der Waals surface area contributed by atoms with Crippen LogP contribution in [-0.4, -0.2) is 22.3 Å². The molecule has 1 aromatic rings. The molecule has 3 atom stereocenters. The van der Waals surface area contributed by atoms with Crippen molar-refractivity contribution in [1.82, 2.24) is 0 Å². The standard InChI is InChI=1S/C10H8O4/c11-4-1-2-6-5(3-4)7-8(10(12)13)9(7)14-6/h1-3,7-9,11H,(H,12,13)/t7-,8-,9-/m0/s1. The van der Waals surface area contributed by atoms with Crippen LogP contribution < -0.4 is 4.74 Å². The monoisotopic (exact) mass is 192 g/mol. The number of carboxylic acids is 1. The first kappa shape index (κ1) is 7.67. The summed E-state index contributed by atoms with van der Waals surface area (Å²) < 4.78 is 5.42. The van der Waals surface area contributed by atoms with Gasteiger partial charge in [0.25, 0.3) is 0 Å². The van der Waals surface area contributed by atoms with Gasteiger partial charge in [0.2, 0.25) is 0 Å². The van der Waals surface area contributed by atoms with E-state index < -0.39 is 11.9 Å². The lowest BCUT2D eigenvalue weighted by Crippen LogP contribution is -2.08. The number of carbonyl (C=O) groups is 1. The third-order valence-corrected chi connectivity index (χ3v) is 2.85. The van der Waals surface area contributed by atoms with Crippen LogP contribution in [0.5, 0.6) is 11.5 Å². The van der Waals surface area contributed by atoms with Gasteiger partial charge in [-0.2, -0.15) is 0 Å². The molecule has 2 aliphatic rings. The van der Waals surface area contributed by atoms with Crippen LogP contribution in [0.2, 0.25) is 0 Å². The van der Waals surface area contributed by atoms with Crippen LogP contribution in [0.3, 0.4) is 0 Å². The molecule has 0 aromatic heterocycles. The van der Waals surface area contributed by atoms with E-state index in [0.29, 0.717) is 5.75 Å². The Morgan fingerprint density at radius 2 is 2.21 bits per heavy atom. The van der Waals surface area contributed by atoms with Crippen LogP contribution in [-0.2, 0) is 4.79 Å². The van der Waals surface area contributed by atoms with Gasteiger partial charge in [0.1, 0.15) is 23.5 Å². The third kappa shape index (κ3) is 0.801. The first-order valence-electron chi connectivity index (χ1n) is 4.41. The Bertz CT molecular complexity index is 426. The Kier molecular flexibility index (Phi) is 1.21. The summed E-state index contributed by atoms with van der Waals surface area (Å²) in [4.78, 5) is 10.7. The fraction of sp³-hybridized carbons (Fsp3) is 0.300. The average molecular weight is 192 g/mol. The zero-order chi connectivity index (χ0) is 9.87. The minimum absolute atomic E-state index is 0.0606. The number of phenolic OH excluding ortho intramolecular Hbond substituents is 1. The maximum absolute atomic E-state index is 10.7. The number of aliphatic carboxylic acids is 1. The Morgan fingerprint density at radius 1 is 1.43 bits per heavy atom. The molecule has 0 radical (unpaired) electrons. The molecule has 4 heteroatoms. The predicted molar refractivity (Wildman–Crippen MR) is 46.4 cm³/mol. The van der Waals surface area contributed by atoms with Gasteiger partial charge in [-0.05, 0) is 18.2 Å². The Labute approximate surface area is 79.7 Å². The fourth-order valence-corrected chi connectivity index (χ4v) is 2.14. The second kappa shape index (κ2) is 2.20. The van der Waals surface area contributed by atoms with Crippen molar-refractivity contribution in [2.75, 3.05) is 0 Å². The molecule has 1 aliphatic heterocycles. The number of ether oxygens (including phenoxy) is 1. The summed E-state index contributed by atoms with van der Waals surface area (Å²) in [6, 6.07) is 4.80. The van der Waals surface area contributed by atoms with Crippen LogP contribution in [0.15, 0.2) is 18.2 Å². The second-order valence-electron chi connectivity index (χ2n) is 3.69. The molecule has 72 valence electrons. The van der Waals surface area contributed by atoms with Crippen molar-refractivity contribution in [2.24, 2.45) is 5.92 Å². The Balaban J connectivity index is 2.01. The maximum atomic E-state index is 10.7. The lowest BCUT2D eigenvalue weighted by Gasteiger charge is -2.05. The van der Waals surface area contributed by atoms with Crippen molar-refractivity contribution in [3.63, 3.8) is 0 Å². The summed E-state index contributed by atoms with van der Waals surface area (Å²) in [6.45, 7) is 0. The van der Waals surface area contributed by atoms with Crippen molar-refractivity contribution in [2.45, 2.75) is 12.0 Å². The molecule has 1 saturated carbocycles. The van der Waals surface area contributed by atoms with Crippen LogP contribution in [0.4, 0.5) is 0 Å². The van der Waals surface area contributed by atoms with E-state index in [0.717, 1.165) is 5.56 Å². The molecule has 1 heterocycles. The van der Waals surface area contributed by atoms with E-state index in [1.807, 2.05) is 0 Å². The quantitative estimate of drug-likeness (QED) is 0.695. The molecule has 0 bridgehead atoms. The predicted octanol–water partition coefficient (Wildman–Crippen LogP) is 0.951. The highest BCUT2D eigenvalue weighted by Crippen LogP contribution is 2.58. The minimum Gasteiger partial charge on any atom is -0.508 e. The van der Waals surface area contributed by atoms with Gasteiger partial charge < -0.3 is 14.9 Å². The Hall–Kier alpha value is -1.71. The average Bonchev–Trinajstić information content (AvgIpc) is 2.73. The van der Waals surface area contributed by atoms with Crippen molar-refractivity contribution < 1.29 is 19.7 Å². The van der Waals surface area contributed by atoms with Crippen LogP contribution in [0.1, 0.15) is 11.5 Å². The zero-order valence-electron chi connectivity index (χ0n) is 7.18.